The number of rotatable bonds is 4. The van der Waals surface area contributed by atoms with Crippen molar-refractivity contribution in [2.75, 3.05) is 5.32 Å². The molecule has 0 aliphatic heterocycles. The van der Waals surface area contributed by atoms with Gasteiger partial charge in [0.05, 0.1) is 0 Å². The van der Waals surface area contributed by atoms with Gasteiger partial charge in [0, 0.05) is 16.8 Å². The van der Waals surface area contributed by atoms with Crippen LogP contribution < -0.4 is 10.6 Å². The van der Waals surface area contributed by atoms with Gasteiger partial charge < -0.3 is 10.6 Å². The summed E-state index contributed by atoms with van der Waals surface area (Å²) in [6.45, 7) is 4.10. The smallest absolute Gasteiger partial charge is 0.319 e. The molecule has 3 nitrogen and oxygen atoms in total. The number of hydrogen-bond donors (Lipinski definition) is 2. The second-order valence-electron chi connectivity index (χ2n) is 3.62. The van der Waals surface area contributed by atoms with Crippen molar-refractivity contribution in [3.63, 3.8) is 0 Å². The zero-order valence-corrected chi connectivity index (χ0v) is 10.3. The van der Waals surface area contributed by atoms with Gasteiger partial charge >= 0.3 is 6.03 Å². The number of carbonyl (C=O) groups is 1. The Bertz CT molecular complexity index is 351. The quantitative estimate of drug-likeness (QED) is 0.829. The maximum absolute atomic E-state index is 11.6. The average molecular weight is 241 g/mol. The van der Waals surface area contributed by atoms with Crippen LogP contribution >= 0.6 is 11.6 Å². The van der Waals surface area contributed by atoms with Crippen LogP contribution in [0, 0.1) is 0 Å². The highest BCUT2D eigenvalue weighted by Gasteiger charge is 2.07. The molecule has 0 aliphatic rings. The maximum atomic E-state index is 11.6. The molecule has 0 bridgehead atoms. The number of hydrogen-bond acceptors (Lipinski definition) is 1. The van der Waals surface area contributed by atoms with E-state index in [0.29, 0.717) is 10.7 Å². The maximum Gasteiger partial charge on any atom is 0.319 e. The minimum absolute atomic E-state index is 0.184. The lowest BCUT2D eigenvalue weighted by molar-refractivity contribution is 0.247. The van der Waals surface area contributed by atoms with E-state index < -0.39 is 0 Å². The third kappa shape index (κ3) is 4.11. The summed E-state index contributed by atoms with van der Waals surface area (Å²) in [7, 11) is 0. The van der Waals surface area contributed by atoms with Crippen LogP contribution in [-0.2, 0) is 0 Å². The number of anilines is 1. The van der Waals surface area contributed by atoms with Gasteiger partial charge in [0.15, 0.2) is 0 Å². The Morgan fingerprint density at radius 3 is 2.62 bits per heavy atom. The standard InChI is InChI=1S/C12H17ClN2O/c1-3-10(4-2)14-12(16)15-11-7-5-6-9(13)8-11/h5-8,10H,3-4H2,1-2H3,(H2,14,15,16). The van der Waals surface area contributed by atoms with E-state index in [0.717, 1.165) is 12.8 Å². The van der Waals surface area contributed by atoms with E-state index in [2.05, 4.69) is 10.6 Å². The lowest BCUT2D eigenvalue weighted by atomic mass is 10.2. The third-order valence-corrected chi connectivity index (χ3v) is 2.64. The Morgan fingerprint density at radius 1 is 1.38 bits per heavy atom. The van der Waals surface area contributed by atoms with Crippen molar-refractivity contribution in [1.82, 2.24) is 5.32 Å². The van der Waals surface area contributed by atoms with E-state index in [1.165, 1.54) is 0 Å². The molecule has 0 spiro atoms. The van der Waals surface area contributed by atoms with Crippen LogP contribution in [0.25, 0.3) is 0 Å². The number of amides is 2. The van der Waals surface area contributed by atoms with E-state index in [1.54, 1.807) is 24.3 Å². The van der Waals surface area contributed by atoms with Crippen LogP contribution in [0.5, 0.6) is 0 Å². The normalized spacial score (nSPS) is 10.2. The van der Waals surface area contributed by atoms with Crippen molar-refractivity contribution in [2.45, 2.75) is 32.7 Å². The molecule has 4 heteroatoms. The predicted molar refractivity (Wildman–Crippen MR) is 68.0 cm³/mol. The summed E-state index contributed by atoms with van der Waals surface area (Å²) in [5, 5.41) is 6.25. The highest BCUT2D eigenvalue weighted by molar-refractivity contribution is 6.30. The fraction of sp³-hybridized carbons (Fsp3) is 0.417. The Kier molecular flexibility index (Phi) is 5.12. The summed E-state index contributed by atoms with van der Waals surface area (Å²) in [6, 6.07) is 7.13. The number of nitrogens with one attached hydrogen (secondary N) is 2. The Hall–Kier alpha value is -1.22. The molecule has 1 aromatic rings. The second kappa shape index (κ2) is 6.38. The molecule has 0 fully saturated rings. The topological polar surface area (TPSA) is 41.1 Å². The molecule has 0 aromatic heterocycles. The van der Waals surface area contributed by atoms with Gasteiger partial charge in [0.1, 0.15) is 0 Å². The lowest BCUT2D eigenvalue weighted by Crippen LogP contribution is -2.37. The first-order valence-electron chi connectivity index (χ1n) is 5.48. The van der Waals surface area contributed by atoms with E-state index in [4.69, 9.17) is 11.6 Å². The van der Waals surface area contributed by atoms with Gasteiger partial charge in [-0.05, 0) is 31.0 Å². The second-order valence-corrected chi connectivity index (χ2v) is 4.06. The van der Waals surface area contributed by atoms with E-state index in [-0.39, 0.29) is 12.1 Å². The summed E-state index contributed by atoms with van der Waals surface area (Å²) in [4.78, 5) is 11.6. The minimum atomic E-state index is -0.184. The molecular formula is C12H17ClN2O. The molecule has 2 N–H and O–H groups in total. The van der Waals surface area contributed by atoms with Crippen molar-refractivity contribution in [2.24, 2.45) is 0 Å². The zero-order valence-electron chi connectivity index (χ0n) is 9.59. The van der Waals surface area contributed by atoms with Crippen molar-refractivity contribution in [3.05, 3.63) is 29.3 Å². The number of benzene rings is 1. The highest BCUT2D eigenvalue weighted by Crippen LogP contribution is 2.14. The van der Waals surface area contributed by atoms with Gasteiger partial charge in [-0.2, -0.15) is 0 Å². The fourth-order valence-corrected chi connectivity index (χ4v) is 1.60. The van der Waals surface area contributed by atoms with Gasteiger partial charge in [-0.1, -0.05) is 31.5 Å². The molecule has 88 valence electrons. The van der Waals surface area contributed by atoms with E-state index in [1.807, 2.05) is 13.8 Å². The van der Waals surface area contributed by atoms with Crippen molar-refractivity contribution < 1.29 is 4.79 Å². The van der Waals surface area contributed by atoms with Gasteiger partial charge in [-0.25, -0.2) is 4.79 Å². The van der Waals surface area contributed by atoms with Crippen LogP contribution in [0.2, 0.25) is 5.02 Å². The SMILES string of the molecule is CCC(CC)NC(=O)Nc1cccc(Cl)c1. The molecule has 0 aliphatic carbocycles. The molecule has 0 unspecified atom stereocenters. The Balaban J connectivity index is 2.51. The molecule has 0 saturated carbocycles. The average Bonchev–Trinajstić information content (AvgIpc) is 2.26. The van der Waals surface area contributed by atoms with Gasteiger partial charge in [-0.3, -0.25) is 0 Å². The molecule has 0 atom stereocenters. The van der Waals surface area contributed by atoms with Crippen LogP contribution in [0.15, 0.2) is 24.3 Å². The molecule has 1 rings (SSSR count). The summed E-state index contributed by atoms with van der Waals surface area (Å²) in [5.74, 6) is 0. The van der Waals surface area contributed by atoms with Crippen molar-refractivity contribution in [1.29, 1.82) is 0 Å². The zero-order chi connectivity index (χ0) is 12.0. The number of halogens is 1. The monoisotopic (exact) mass is 240 g/mol. The molecule has 16 heavy (non-hydrogen) atoms. The Morgan fingerprint density at radius 2 is 2.06 bits per heavy atom. The molecule has 0 radical (unpaired) electrons. The van der Waals surface area contributed by atoms with E-state index in [9.17, 15) is 4.79 Å². The molecule has 0 heterocycles. The van der Waals surface area contributed by atoms with Crippen LogP contribution in [0.3, 0.4) is 0 Å². The van der Waals surface area contributed by atoms with Crippen molar-refractivity contribution >= 4 is 23.3 Å². The summed E-state index contributed by atoms with van der Waals surface area (Å²) >= 11 is 5.82. The summed E-state index contributed by atoms with van der Waals surface area (Å²) in [6.07, 6.45) is 1.86. The van der Waals surface area contributed by atoms with Crippen LogP contribution in [0.4, 0.5) is 10.5 Å². The molecular weight excluding hydrogens is 224 g/mol. The van der Waals surface area contributed by atoms with Crippen LogP contribution in [0.1, 0.15) is 26.7 Å². The largest absolute Gasteiger partial charge is 0.335 e. The van der Waals surface area contributed by atoms with Crippen LogP contribution in [-0.4, -0.2) is 12.1 Å². The van der Waals surface area contributed by atoms with Gasteiger partial charge in [0.2, 0.25) is 0 Å². The van der Waals surface area contributed by atoms with Gasteiger partial charge in [-0.15, -0.1) is 0 Å². The first-order valence-corrected chi connectivity index (χ1v) is 5.86. The summed E-state index contributed by atoms with van der Waals surface area (Å²) < 4.78 is 0. The summed E-state index contributed by atoms with van der Waals surface area (Å²) in [5.41, 5.74) is 0.705. The predicted octanol–water partition coefficient (Wildman–Crippen LogP) is 3.65. The fourth-order valence-electron chi connectivity index (χ4n) is 1.41. The third-order valence-electron chi connectivity index (χ3n) is 2.40. The van der Waals surface area contributed by atoms with E-state index >= 15 is 0 Å². The molecule has 2 amide bonds. The van der Waals surface area contributed by atoms with Gasteiger partial charge in [0.25, 0.3) is 0 Å². The number of urea groups is 1. The molecule has 0 saturated heterocycles. The Labute approximate surface area is 101 Å². The van der Waals surface area contributed by atoms with Crippen molar-refractivity contribution in [3.8, 4) is 0 Å². The highest BCUT2D eigenvalue weighted by atomic mass is 35.5. The lowest BCUT2D eigenvalue weighted by Gasteiger charge is -2.15. The first kappa shape index (κ1) is 12.8. The minimum Gasteiger partial charge on any atom is -0.335 e. The molecule has 1 aromatic carbocycles. The number of carbonyl (C=O) groups excluding carboxylic acids is 1. The first-order chi connectivity index (χ1) is 7.65.